The van der Waals surface area contributed by atoms with Gasteiger partial charge in [-0.05, 0) is 31.0 Å². The minimum absolute atomic E-state index is 0.179. The van der Waals surface area contributed by atoms with Gasteiger partial charge in [0.05, 0.1) is 18.9 Å². The number of anilines is 1. The largest absolute Gasteiger partial charge is 0.378 e. The summed E-state index contributed by atoms with van der Waals surface area (Å²) in [5, 5.41) is 6.67. The second kappa shape index (κ2) is 11.0. The highest BCUT2D eigenvalue weighted by Crippen LogP contribution is 2.21. The van der Waals surface area contributed by atoms with Crippen LogP contribution in [0.4, 0.5) is 10.1 Å². The van der Waals surface area contributed by atoms with E-state index in [0.29, 0.717) is 31.5 Å². The Morgan fingerprint density at radius 3 is 2.73 bits per heavy atom. The van der Waals surface area contributed by atoms with Gasteiger partial charge in [-0.2, -0.15) is 0 Å². The molecule has 1 aliphatic rings. The summed E-state index contributed by atoms with van der Waals surface area (Å²) in [6.45, 7) is 7.70. The number of aliphatic imine (C=N–C) groups is 1. The van der Waals surface area contributed by atoms with Crippen molar-refractivity contribution in [2.24, 2.45) is 4.99 Å². The number of hydrogen-bond donors (Lipinski definition) is 2. The van der Waals surface area contributed by atoms with Gasteiger partial charge in [-0.25, -0.2) is 4.39 Å². The van der Waals surface area contributed by atoms with E-state index in [9.17, 15) is 4.39 Å². The Bertz CT molecular complexity index is 573. The van der Waals surface area contributed by atoms with Gasteiger partial charge < -0.3 is 20.3 Å². The molecule has 0 aromatic heterocycles. The van der Waals surface area contributed by atoms with E-state index >= 15 is 0 Å². The van der Waals surface area contributed by atoms with Gasteiger partial charge in [0.15, 0.2) is 5.96 Å². The van der Waals surface area contributed by atoms with Gasteiger partial charge in [0, 0.05) is 32.7 Å². The Balaban J connectivity index is 1.84. The van der Waals surface area contributed by atoms with Gasteiger partial charge in [-0.1, -0.05) is 32.3 Å². The first kappa shape index (κ1) is 20.5. The Kier molecular flexibility index (Phi) is 8.68. The summed E-state index contributed by atoms with van der Waals surface area (Å²) in [7, 11) is 1.76. The lowest BCUT2D eigenvalue weighted by Gasteiger charge is -2.29. The molecule has 1 heterocycles. The molecule has 1 aromatic carbocycles. The fourth-order valence-electron chi connectivity index (χ4n) is 3.11. The van der Waals surface area contributed by atoms with Crippen LogP contribution in [0.3, 0.4) is 0 Å². The minimum Gasteiger partial charge on any atom is -0.378 e. The van der Waals surface area contributed by atoms with Crippen molar-refractivity contribution < 1.29 is 9.13 Å². The predicted molar refractivity (Wildman–Crippen MR) is 106 cm³/mol. The first-order valence-corrected chi connectivity index (χ1v) is 9.72. The van der Waals surface area contributed by atoms with Gasteiger partial charge in [-0.15, -0.1) is 0 Å². The van der Waals surface area contributed by atoms with Gasteiger partial charge in [0.2, 0.25) is 0 Å². The van der Waals surface area contributed by atoms with E-state index in [2.05, 4.69) is 29.5 Å². The van der Waals surface area contributed by atoms with Crippen LogP contribution in [-0.4, -0.2) is 45.4 Å². The van der Waals surface area contributed by atoms with Crippen molar-refractivity contribution in [3.63, 3.8) is 0 Å². The zero-order valence-corrected chi connectivity index (χ0v) is 16.4. The molecular formula is C20H33FN4O. The average Bonchev–Trinajstić information content (AvgIpc) is 2.66. The minimum atomic E-state index is -0.179. The normalized spacial score (nSPS) is 16.5. The third-order valence-corrected chi connectivity index (χ3v) is 4.67. The van der Waals surface area contributed by atoms with Crippen LogP contribution < -0.4 is 15.5 Å². The van der Waals surface area contributed by atoms with Crippen LogP contribution >= 0.6 is 0 Å². The fourth-order valence-corrected chi connectivity index (χ4v) is 3.11. The lowest BCUT2D eigenvalue weighted by molar-refractivity contribution is 0.122. The Hall–Kier alpha value is -1.82. The van der Waals surface area contributed by atoms with Crippen molar-refractivity contribution in [2.45, 2.75) is 52.1 Å². The number of rotatable bonds is 8. The van der Waals surface area contributed by atoms with E-state index in [4.69, 9.17) is 4.74 Å². The molecule has 0 spiro atoms. The Morgan fingerprint density at radius 1 is 1.31 bits per heavy atom. The molecule has 0 saturated carbocycles. The molecular weight excluding hydrogens is 331 g/mol. The standard InChI is InChI=1S/C20H33FN4O/c1-4-5-6-7-16(2)24-20(22-3)23-15-17-8-9-19(18(21)14-17)25-10-12-26-13-11-25/h8-9,14,16H,4-7,10-13,15H2,1-3H3,(H2,22,23,24). The molecule has 0 aliphatic carbocycles. The average molecular weight is 365 g/mol. The highest BCUT2D eigenvalue weighted by atomic mass is 19.1. The molecule has 0 amide bonds. The second-order valence-electron chi connectivity index (χ2n) is 6.85. The van der Waals surface area contributed by atoms with Gasteiger partial charge in [0.1, 0.15) is 5.82 Å². The fraction of sp³-hybridized carbons (Fsp3) is 0.650. The molecule has 0 bridgehead atoms. The molecule has 26 heavy (non-hydrogen) atoms. The number of benzene rings is 1. The molecule has 1 fully saturated rings. The second-order valence-corrected chi connectivity index (χ2v) is 6.85. The molecule has 1 aromatic rings. The zero-order chi connectivity index (χ0) is 18.8. The van der Waals surface area contributed by atoms with Crippen LogP contribution in [0.1, 0.15) is 45.1 Å². The van der Waals surface area contributed by atoms with Gasteiger partial charge >= 0.3 is 0 Å². The number of morpholine rings is 1. The maximum absolute atomic E-state index is 14.5. The number of unbranched alkanes of at least 4 members (excludes halogenated alkanes) is 2. The summed E-state index contributed by atoms with van der Waals surface area (Å²) in [4.78, 5) is 6.30. The maximum Gasteiger partial charge on any atom is 0.191 e. The summed E-state index contributed by atoms with van der Waals surface area (Å²) in [5.74, 6) is 0.578. The Labute approximate surface area is 157 Å². The molecule has 146 valence electrons. The number of ether oxygens (including phenoxy) is 1. The van der Waals surface area contributed by atoms with Gasteiger partial charge in [0.25, 0.3) is 0 Å². The third kappa shape index (κ3) is 6.48. The first-order valence-electron chi connectivity index (χ1n) is 9.72. The van der Waals surface area contributed by atoms with E-state index in [-0.39, 0.29) is 5.82 Å². The maximum atomic E-state index is 14.5. The van der Waals surface area contributed by atoms with Crippen LogP contribution in [0.25, 0.3) is 0 Å². The van der Waals surface area contributed by atoms with E-state index < -0.39 is 0 Å². The number of guanidine groups is 1. The highest BCUT2D eigenvalue weighted by molar-refractivity contribution is 5.79. The smallest absolute Gasteiger partial charge is 0.191 e. The van der Waals surface area contributed by atoms with Crippen LogP contribution in [-0.2, 0) is 11.3 Å². The molecule has 6 heteroatoms. The van der Waals surface area contributed by atoms with Crippen LogP contribution in [0.2, 0.25) is 0 Å². The lowest BCUT2D eigenvalue weighted by atomic mass is 10.1. The Morgan fingerprint density at radius 2 is 2.08 bits per heavy atom. The van der Waals surface area contributed by atoms with Crippen molar-refractivity contribution in [1.82, 2.24) is 10.6 Å². The van der Waals surface area contributed by atoms with Crippen molar-refractivity contribution in [1.29, 1.82) is 0 Å². The molecule has 2 N–H and O–H groups in total. The molecule has 1 aliphatic heterocycles. The van der Waals surface area contributed by atoms with E-state index in [1.54, 1.807) is 13.1 Å². The lowest BCUT2D eigenvalue weighted by Crippen LogP contribution is -2.41. The molecule has 1 atom stereocenters. The van der Waals surface area contributed by atoms with E-state index in [0.717, 1.165) is 31.0 Å². The molecule has 5 nitrogen and oxygen atoms in total. The zero-order valence-electron chi connectivity index (χ0n) is 16.4. The number of nitrogens with zero attached hydrogens (tertiary/aromatic N) is 2. The first-order chi connectivity index (χ1) is 12.6. The highest BCUT2D eigenvalue weighted by Gasteiger charge is 2.15. The molecule has 0 radical (unpaired) electrons. The summed E-state index contributed by atoms with van der Waals surface area (Å²) in [5.41, 5.74) is 1.56. The molecule has 1 saturated heterocycles. The number of nitrogens with one attached hydrogen (secondary N) is 2. The third-order valence-electron chi connectivity index (χ3n) is 4.67. The topological polar surface area (TPSA) is 48.9 Å². The SMILES string of the molecule is CCCCCC(C)NC(=NC)NCc1ccc(N2CCOCC2)c(F)c1. The number of hydrogen-bond acceptors (Lipinski definition) is 3. The van der Waals surface area contributed by atoms with Gasteiger partial charge in [-0.3, -0.25) is 4.99 Å². The summed E-state index contributed by atoms with van der Waals surface area (Å²) >= 11 is 0. The quantitative estimate of drug-likeness (QED) is 0.422. The van der Waals surface area contributed by atoms with Crippen LogP contribution in [0.5, 0.6) is 0 Å². The van der Waals surface area contributed by atoms with E-state index in [1.165, 1.54) is 19.3 Å². The van der Waals surface area contributed by atoms with Crippen LogP contribution in [0.15, 0.2) is 23.2 Å². The van der Waals surface area contributed by atoms with Crippen molar-refractivity contribution >= 4 is 11.6 Å². The number of halogens is 1. The summed E-state index contributed by atoms with van der Waals surface area (Å²) < 4.78 is 19.8. The molecule has 1 unspecified atom stereocenters. The summed E-state index contributed by atoms with van der Waals surface area (Å²) in [6.07, 6.45) is 4.83. The van der Waals surface area contributed by atoms with E-state index in [1.807, 2.05) is 17.0 Å². The van der Waals surface area contributed by atoms with Crippen molar-refractivity contribution in [3.8, 4) is 0 Å². The monoisotopic (exact) mass is 364 g/mol. The van der Waals surface area contributed by atoms with Crippen molar-refractivity contribution in [3.05, 3.63) is 29.6 Å². The summed E-state index contributed by atoms with van der Waals surface area (Å²) in [6, 6.07) is 5.81. The molecule has 2 rings (SSSR count). The van der Waals surface area contributed by atoms with Crippen LogP contribution in [0, 0.1) is 5.82 Å². The predicted octanol–water partition coefficient (Wildman–Crippen LogP) is 3.30. The van der Waals surface area contributed by atoms with Crippen molar-refractivity contribution in [2.75, 3.05) is 38.3 Å².